The van der Waals surface area contributed by atoms with Crippen LogP contribution in [0.25, 0.3) is 0 Å². The highest BCUT2D eigenvalue weighted by Crippen LogP contribution is 2.26. The van der Waals surface area contributed by atoms with Crippen LogP contribution in [0.4, 0.5) is 4.39 Å². The van der Waals surface area contributed by atoms with Crippen LogP contribution in [0, 0.1) is 5.82 Å². The lowest BCUT2D eigenvalue weighted by Gasteiger charge is -2.21. The number of benzene rings is 1. The molecule has 1 atom stereocenters. The number of aryl methyl sites for hydroxylation is 1. The summed E-state index contributed by atoms with van der Waals surface area (Å²) in [5, 5.41) is 3.88. The third-order valence-corrected chi connectivity index (χ3v) is 3.42. The Morgan fingerprint density at radius 3 is 2.87 bits per heavy atom. The van der Waals surface area contributed by atoms with Crippen molar-refractivity contribution in [2.24, 2.45) is 0 Å². The number of carbonyl (C=O) groups excluding carboxylic acids is 1. The Morgan fingerprint density at radius 1 is 1.52 bits per heavy atom. The summed E-state index contributed by atoms with van der Waals surface area (Å²) in [5.41, 5.74) is 0. The monoisotopic (exact) mass is 341 g/mol. The molecule has 0 bridgehead atoms. The number of nitrogens with zero attached hydrogens (tertiary/aromatic N) is 3. The van der Waals surface area contributed by atoms with Gasteiger partial charge >= 0.3 is 0 Å². The number of carbonyl (C=O) groups is 1. The maximum absolute atomic E-state index is 13.0. The first-order chi connectivity index (χ1) is 10.9. The van der Waals surface area contributed by atoms with Gasteiger partial charge in [-0.1, -0.05) is 23.7 Å². The zero-order valence-corrected chi connectivity index (χ0v) is 13.8. The number of halogens is 2. The normalized spacial score (nSPS) is 12.0. The van der Waals surface area contributed by atoms with E-state index in [4.69, 9.17) is 20.9 Å². The summed E-state index contributed by atoms with van der Waals surface area (Å²) < 4.78 is 23.5. The van der Waals surface area contributed by atoms with Crippen molar-refractivity contribution in [3.63, 3.8) is 0 Å². The predicted molar refractivity (Wildman–Crippen MR) is 81.7 cm³/mol. The summed E-state index contributed by atoms with van der Waals surface area (Å²) in [6.07, 6.45) is -0.138. The second kappa shape index (κ2) is 7.41. The fourth-order valence-electron chi connectivity index (χ4n) is 1.90. The van der Waals surface area contributed by atoms with Gasteiger partial charge in [0.05, 0.1) is 11.6 Å². The summed E-state index contributed by atoms with van der Waals surface area (Å²) in [6.45, 7) is 3.67. The van der Waals surface area contributed by atoms with Gasteiger partial charge in [0.15, 0.2) is 11.9 Å². The van der Waals surface area contributed by atoms with Crippen LogP contribution in [0.2, 0.25) is 5.02 Å². The van der Waals surface area contributed by atoms with Crippen molar-refractivity contribution in [1.82, 2.24) is 15.0 Å². The lowest BCUT2D eigenvalue weighted by Crippen LogP contribution is -2.37. The van der Waals surface area contributed by atoms with Gasteiger partial charge in [-0.25, -0.2) is 4.39 Å². The SMILES string of the molecule is CCc1noc(CN(C)C(=O)[C@@H](C)Oc2ccc(F)cc2Cl)n1. The van der Waals surface area contributed by atoms with Crippen molar-refractivity contribution in [1.29, 1.82) is 0 Å². The van der Waals surface area contributed by atoms with E-state index in [1.165, 1.54) is 17.0 Å². The molecule has 2 rings (SSSR count). The molecule has 124 valence electrons. The number of likely N-dealkylation sites (N-methyl/N-ethyl adjacent to an activating group) is 1. The van der Waals surface area contributed by atoms with Crippen LogP contribution < -0.4 is 4.74 Å². The molecule has 0 saturated carbocycles. The van der Waals surface area contributed by atoms with Crippen LogP contribution in [-0.2, 0) is 17.8 Å². The van der Waals surface area contributed by atoms with E-state index < -0.39 is 11.9 Å². The highest BCUT2D eigenvalue weighted by molar-refractivity contribution is 6.32. The first kappa shape index (κ1) is 17.2. The van der Waals surface area contributed by atoms with E-state index in [1.54, 1.807) is 14.0 Å². The number of amides is 1. The Morgan fingerprint density at radius 2 is 2.26 bits per heavy atom. The average molecular weight is 342 g/mol. The number of ether oxygens (including phenoxy) is 1. The van der Waals surface area contributed by atoms with Crippen molar-refractivity contribution >= 4 is 17.5 Å². The van der Waals surface area contributed by atoms with Gasteiger partial charge in [-0.2, -0.15) is 4.98 Å². The van der Waals surface area contributed by atoms with Gasteiger partial charge in [0, 0.05) is 13.5 Å². The van der Waals surface area contributed by atoms with Crippen molar-refractivity contribution < 1.29 is 18.4 Å². The van der Waals surface area contributed by atoms with Crippen LogP contribution in [0.15, 0.2) is 22.7 Å². The first-order valence-electron chi connectivity index (χ1n) is 7.08. The van der Waals surface area contributed by atoms with Crippen LogP contribution in [0.1, 0.15) is 25.6 Å². The van der Waals surface area contributed by atoms with E-state index in [9.17, 15) is 9.18 Å². The second-order valence-electron chi connectivity index (χ2n) is 4.99. The molecule has 6 nitrogen and oxygen atoms in total. The predicted octanol–water partition coefficient (Wildman–Crippen LogP) is 2.85. The third-order valence-electron chi connectivity index (χ3n) is 3.12. The summed E-state index contributed by atoms with van der Waals surface area (Å²) in [6, 6.07) is 3.72. The van der Waals surface area contributed by atoms with Crippen LogP contribution in [0.3, 0.4) is 0 Å². The molecule has 0 fully saturated rings. The molecular weight excluding hydrogens is 325 g/mol. The van der Waals surface area contributed by atoms with Crippen LogP contribution >= 0.6 is 11.6 Å². The molecule has 0 N–H and O–H groups in total. The molecule has 1 amide bonds. The minimum Gasteiger partial charge on any atom is -0.479 e. The van der Waals surface area contributed by atoms with Gasteiger partial charge in [0.1, 0.15) is 11.6 Å². The third kappa shape index (κ3) is 4.41. The first-order valence-corrected chi connectivity index (χ1v) is 7.46. The summed E-state index contributed by atoms with van der Waals surface area (Å²) in [5.74, 6) is 0.421. The molecule has 0 saturated heterocycles. The molecule has 0 spiro atoms. The Balaban J connectivity index is 1.97. The molecule has 0 radical (unpaired) electrons. The molecular formula is C15H17ClFN3O3. The van der Waals surface area contributed by atoms with E-state index in [0.29, 0.717) is 18.1 Å². The highest BCUT2D eigenvalue weighted by Gasteiger charge is 2.22. The standard InChI is InChI=1S/C15H17ClFN3O3/c1-4-13-18-14(23-19-13)8-20(3)15(21)9(2)22-12-6-5-10(17)7-11(12)16/h5-7,9H,4,8H2,1-3H3/t9-/m1/s1. The summed E-state index contributed by atoms with van der Waals surface area (Å²) >= 11 is 5.88. The Labute approximate surface area is 138 Å². The minimum atomic E-state index is -0.795. The molecule has 8 heteroatoms. The van der Waals surface area contributed by atoms with E-state index in [2.05, 4.69) is 10.1 Å². The van der Waals surface area contributed by atoms with E-state index in [1.807, 2.05) is 6.92 Å². The van der Waals surface area contributed by atoms with Crippen molar-refractivity contribution in [3.05, 3.63) is 40.8 Å². The van der Waals surface area contributed by atoms with Gasteiger partial charge in [0.25, 0.3) is 5.91 Å². The molecule has 2 aromatic rings. The zero-order valence-electron chi connectivity index (χ0n) is 13.0. The van der Waals surface area contributed by atoms with Gasteiger partial charge in [-0.15, -0.1) is 0 Å². The fraction of sp³-hybridized carbons (Fsp3) is 0.400. The number of hydrogen-bond donors (Lipinski definition) is 0. The molecule has 23 heavy (non-hydrogen) atoms. The number of hydrogen-bond acceptors (Lipinski definition) is 5. The highest BCUT2D eigenvalue weighted by atomic mass is 35.5. The van der Waals surface area contributed by atoms with E-state index in [0.717, 1.165) is 6.07 Å². The van der Waals surface area contributed by atoms with E-state index in [-0.39, 0.29) is 23.2 Å². The molecule has 0 aliphatic rings. The summed E-state index contributed by atoms with van der Waals surface area (Å²) in [4.78, 5) is 17.9. The molecule has 1 aromatic carbocycles. The minimum absolute atomic E-state index is 0.108. The van der Waals surface area contributed by atoms with Crippen molar-refractivity contribution in [2.45, 2.75) is 32.9 Å². The molecule has 0 aliphatic carbocycles. The maximum Gasteiger partial charge on any atom is 0.263 e. The average Bonchev–Trinajstić information content (AvgIpc) is 2.96. The molecule has 0 unspecified atom stereocenters. The topological polar surface area (TPSA) is 68.5 Å². The molecule has 1 aromatic heterocycles. The fourth-order valence-corrected chi connectivity index (χ4v) is 2.11. The van der Waals surface area contributed by atoms with Crippen LogP contribution in [-0.4, -0.2) is 34.1 Å². The van der Waals surface area contributed by atoms with Gasteiger partial charge in [-0.05, 0) is 25.1 Å². The van der Waals surface area contributed by atoms with Gasteiger partial charge in [0.2, 0.25) is 5.89 Å². The van der Waals surface area contributed by atoms with Crippen LogP contribution in [0.5, 0.6) is 5.75 Å². The van der Waals surface area contributed by atoms with Crippen molar-refractivity contribution in [3.8, 4) is 5.75 Å². The molecule has 0 aliphatic heterocycles. The lowest BCUT2D eigenvalue weighted by atomic mass is 10.3. The Kier molecular flexibility index (Phi) is 5.54. The quantitative estimate of drug-likeness (QED) is 0.808. The Bertz CT molecular complexity index is 692. The van der Waals surface area contributed by atoms with Gasteiger partial charge < -0.3 is 14.2 Å². The maximum atomic E-state index is 13.0. The lowest BCUT2D eigenvalue weighted by molar-refractivity contribution is -0.137. The smallest absolute Gasteiger partial charge is 0.263 e. The zero-order chi connectivity index (χ0) is 17.0. The number of aromatic nitrogens is 2. The second-order valence-corrected chi connectivity index (χ2v) is 5.39. The van der Waals surface area contributed by atoms with E-state index >= 15 is 0 Å². The largest absolute Gasteiger partial charge is 0.479 e. The Hall–Kier alpha value is -2.15. The van der Waals surface area contributed by atoms with Crippen molar-refractivity contribution in [2.75, 3.05) is 7.05 Å². The number of rotatable bonds is 6. The summed E-state index contributed by atoms with van der Waals surface area (Å²) in [7, 11) is 1.60. The molecule has 1 heterocycles. The van der Waals surface area contributed by atoms with Gasteiger partial charge in [-0.3, -0.25) is 4.79 Å².